The van der Waals surface area contributed by atoms with E-state index in [1.165, 1.54) is 0 Å². The second kappa shape index (κ2) is 5.73. The van der Waals surface area contributed by atoms with Crippen LogP contribution < -0.4 is 0 Å². The first-order chi connectivity index (χ1) is 9.11. The zero-order chi connectivity index (χ0) is 13.8. The van der Waals surface area contributed by atoms with Gasteiger partial charge in [-0.05, 0) is 6.07 Å². The maximum atomic E-state index is 12.2. The van der Waals surface area contributed by atoms with Crippen LogP contribution in [0.2, 0.25) is 0 Å². The zero-order valence-electron chi connectivity index (χ0n) is 10.9. The van der Waals surface area contributed by atoms with E-state index in [0.29, 0.717) is 25.1 Å². The maximum absolute atomic E-state index is 12.2. The number of rotatable bonds is 2. The van der Waals surface area contributed by atoms with Crippen LogP contribution in [0, 0.1) is 5.92 Å². The molecule has 0 radical (unpaired) electrons. The van der Waals surface area contributed by atoms with E-state index in [9.17, 15) is 9.90 Å². The molecule has 1 amide bonds. The number of aromatic hydroxyl groups is 1. The fourth-order valence-electron chi connectivity index (χ4n) is 2.33. The Hall–Kier alpha value is -2.04. The summed E-state index contributed by atoms with van der Waals surface area (Å²) >= 11 is 0. The van der Waals surface area contributed by atoms with Crippen LogP contribution in [0.3, 0.4) is 0 Å². The lowest BCUT2D eigenvalue weighted by atomic mass is 9.97. The molecule has 0 aromatic heterocycles. The van der Waals surface area contributed by atoms with Gasteiger partial charge in [-0.15, -0.1) is 0 Å². The minimum absolute atomic E-state index is 0.00894. The highest BCUT2D eigenvalue weighted by Crippen LogP contribution is 2.19. The first-order valence-electron chi connectivity index (χ1n) is 6.37. The van der Waals surface area contributed by atoms with Crippen molar-refractivity contribution in [2.24, 2.45) is 11.1 Å². The van der Waals surface area contributed by atoms with Crippen molar-refractivity contribution in [3.05, 3.63) is 29.8 Å². The molecule has 5 nitrogen and oxygen atoms in total. The summed E-state index contributed by atoms with van der Waals surface area (Å²) in [5, 5.41) is 21.7. The molecule has 1 aromatic rings. The summed E-state index contributed by atoms with van der Waals surface area (Å²) in [6.07, 6.45) is 0.801. The number of carbonyl (C=O) groups is 1. The van der Waals surface area contributed by atoms with E-state index in [4.69, 9.17) is 5.21 Å². The van der Waals surface area contributed by atoms with Crippen molar-refractivity contribution in [3.8, 4) is 5.75 Å². The number of likely N-dealkylation sites (tertiary alicyclic amines) is 1. The lowest BCUT2D eigenvalue weighted by Crippen LogP contribution is -2.43. The molecule has 102 valence electrons. The molecule has 5 heteroatoms. The molecule has 1 fully saturated rings. The number of carbonyl (C=O) groups excluding carboxylic acids is 1. The van der Waals surface area contributed by atoms with Gasteiger partial charge in [0.05, 0.1) is 12.1 Å². The summed E-state index contributed by atoms with van der Waals surface area (Å²) in [7, 11) is 0. The fourth-order valence-corrected chi connectivity index (χ4v) is 2.33. The molecule has 1 aliphatic rings. The number of nitrogens with zero attached hydrogens (tertiary/aromatic N) is 2. The molecule has 2 rings (SSSR count). The van der Waals surface area contributed by atoms with Gasteiger partial charge in [-0.2, -0.15) is 0 Å². The van der Waals surface area contributed by atoms with Crippen LogP contribution in [0.5, 0.6) is 5.75 Å². The van der Waals surface area contributed by atoms with E-state index in [-0.39, 0.29) is 24.0 Å². The van der Waals surface area contributed by atoms with E-state index in [1.54, 1.807) is 29.2 Å². The number of hydrogen-bond acceptors (Lipinski definition) is 4. The summed E-state index contributed by atoms with van der Waals surface area (Å²) in [6.45, 7) is 3.07. The van der Waals surface area contributed by atoms with Gasteiger partial charge in [-0.3, -0.25) is 4.79 Å². The highest BCUT2D eigenvalue weighted by atomic mass is 16.4. The van der Waals surface area contributed by atoms with E-state index >= 15 is 0 Å². The Morgan fingerprint density at radius 1 is 1.47 bits per heavy atom. The number of phenolic OH excluding ortho intramolecular Hbond substituents is 1. The van der Waals surface area contributed by atoms with Gasteiger partial charge >= 0.3 is 0 Å². The number of hydrogen-bond donors (Lipinski definition) is 2. The largest absolute Gasteiger partial charge is 0.508 e. The van der Waals surface area contributed by atoms with E-state index in [1.807, 2.05) is 6.92 Å². The third kappa shape index (κ3) is 3.05. The Morgan fingerprint density at radius 3 is 2.84 bits per heavy atom. The summed E-state index contributed by atoms with van der Waals surface area (Å²) in [4.78, 5) is 13.9. The Kier molecular flexibility index (Phi) is 4.04. The molecule has 1 heterocycles. The SMILES string of the molecule is CC1CN(C(=O)Cc2ccccc2O)CC/C1=N\O. The van der Waals surface area contributed by atoms with Crippen molar-refractivity contribution in [1.82, 2.24) is 4.90 Å². The van der Waals surface area contributed by atoms with E-state index < -0.39 is 0 Å². The molecule has 1 unspecified atom stereocenters. The summed E-state index contributed by atoms with van der Waals surface area (Å²) in [5.41, 5.74) is 1.38. The van der Waals surface area contributed by atoms with Gasteiger partial charge in [0.1, 0.15) is 5.75 Å². The fraction of sp³-hybridized carbons (Fsp3) is 0.429. The maximum Gasteiger partial charge on any atom is 0.227 e. The van der Waals surface area contributed by atoms with Crippen LogP contribution in [0.25, 0.3) is 0 Å². The van der Waals surface area contributed by atoms with Gasteiger partial charge in [0.2, 0.25) is 5.91 Å². The van der Waals surface area contributed by atoms with Crippen molar-refractivity contribution >= 4 is 11.6 Å². The molecule has 1 aromatic carbocycles. The molecule has 0 aliphatic carbocycles. The van der Waals surface area contributed by atoms with E-state index in [0.717, 1.165) is 5.71 Å². The number of piperidine rings is 1. The summed E-state index contributed by atoms with van der Waals surface area (Å²) < 4.78 is 0. The smallest absolute Gasteiger partial charge is 0.227 e. The van der Waals surface area contributed by atoms with Crippen LogP contribution in [0.1, 0.15) is 18.9 Å². The Morgan fingerprint density at radius 2 is 2.21 bits per heavy atom. The second-order valence-corrected chi connectivity index (χ2v) is 4.89. The first kappa shape index (κ1) is 13.4. The Balaban J connectivity index is 2.00. The van der Waals surface area contributed by atoms with Crippen molar-refractivity contribution < 1.29 is 15.1 Å². The van der Waals surface area contributed by atoms with Gasteiger partial charge in [0.25, 0.3) is 0 Å². The van der Waals surface area contributed by atoms with Gasteiger partial charge in [-0.1, -0.05) is 30.3 Å². The minimum Gasteiger partial charge on any atom is -0.508 e. The van der Waals surface area contributed by atoms with Gasteiger partial charge in [0, 0.05) is 31.0 Å². The third-order valence-corrected chi connectivity index (χ3v) is 3.52. The molecule has 1 aliphatic heterocycles. The summed E-state index contributed by atoms with van der Waals surface area (Å²) in [6, 6.07) is 6.87. The molecule has 0 bridgehead atoms. The Labute approximate surface area is 112 Å². The van der Waals surface area contributed by atoms with Gasteiger partial charge in [-0.25, -0.2) is 0 Å². The number of oxime groups is 1. The predicted molar refractivity (Wildman–Crippen MR) is 71.4 cm³/mol. The quantitative estimate of drug-likeness (QED) is 0.628. The molecule has 19 heavy (non-hydrogen) atoms. The zero-order valence-corrected chi connectivity index (χ0v) is 10.9. The van der Waals surface area contributed by atoms with Crippen molar-refractivity contribution in [1.29, 1.82) is 0 Å². The molecule has 0 saturated carbocycles. The monoisotopic (exact) mass is 262 g/mol. The average molecular weight is 262 g/mol. The molecular weight excluding hydrogens is 244 g/mol. The van der Waals surface area contributed by atoms with Crippen LogP contribution >= 0.6 is 0 Å². The predicted octanol–water partition coefficient (Wildman–Crippen LogP) is 1.63. The number of amides is 1. The van der Waals surface area contributed by atoms with Crippen molar-refractivity contribution in [2.45, 2.75) is 19.8 Å². The van der Waals surface area contributed by atoms with Crippen molar-refractivity contribution in [3.63, 3.8) is 0 Å². The standard InChI is InChI=1S/C14H18N2O3/c1-10-9-16(7-6-12(10)15-19)14(18)8-11-4-2-3-5-13(11)17/h2-5,10,17,19H,6-9H2,1H3/b15-12+. The molecule has 2 N–H and O–H groups in total. The lowest BCUT2D eigenvalue weighted by Gasteiger charge is -2.31. The van der Waals surface area contributed by atoms with Crippen molar-refractivity contribution in [2.75, 3.05) is 13.1 Å². The molecule has 0 spiro atoms. The highest BCUT2D eigenvalue weighted by Gasteiger charge is 2.26. The minimum atomic E-state index is -0.00894. The van der Waals surface area contributed by atoms with E-state index in [2.05, 4.69) is 5.16 Å². The van der Waals surface area contributed by atoms with Crippen LogP contribution in [-0.4, -0.2) is 39.9 Å². The second-order valence-electron chi connectivity index (χ2n) is 4.89. The molecule has 1 saturated heterocycles. The third-order valence-electron chi connectivity index (χ3n) is 3.52. The number of phenols is 1. The number of para-hydroxylation sites is 1. The number of benzene rings is 1. The summed E-state index contributed by atoms with van der Waals surface area (Å²) in [5.74, 6) is 0.218. The van der Waals surface area contributed by atoms with Crippen LogP contribution in [0.4, 0.5) is 0 Å². The van der Waals surface area contributed by atoms with Crippen LogP contribution in [-0.2, 0) is 11.2 Å². The molecular formula is C14H18N2O3. The lowest BCUT2D eigenvalue weighted by molar-refractivity contribution is -0.131. The average Bonchev–Trinajstić information content (AvgIpc) is 2.41. The normalized spacial score (nSPS) is 21.6. The highest BCUT2D eigenvalue weighted by molar-refractivity contribution is 5.89. The first-order valence-corrected chi connectivity index (χ1v) is 6.37. The Bertz CT molecular complexity index is 499. The van der Waals surface area contributed by atoms with Gasteiger partial charge < -0.3 is 15.2 Å². The van der Waals surface area contributed by atoms with Gasteiger partial charge in [0.15, 0.2) is 0 Å². The van der Waals surface area contributed by atoms with Crippen LogP contribution in [0.15, 0.2) is 29.4 Å². The molecule has 1 atom stereocenters. The topological polar surface area (TPSA) is 73.1 Å².